The van der Waals surface area contributed by atoms with Gasteiger partial charge < -0.3 is 10.5 Å². The van der Waals surface area contributed by atoms with E-state index < -0.39 is 0 Å². The summed E-state index contributed by atoms with van der Waals surface area (Å²) < 4.78 is 0. The van der Waals surface area contributed by atoms with Crippen molar-refractivity contribution in [3.8, 4) is 6.26 Å². The van der Waals surface area contributed by atoms with Crippen molar-refractivity contribution in [2.45, 2.75) is 21.3 Å². The molecular formula is C5H11N2O2Y2-. The maximum atomic E-state index is 8.24. The Morgan fingerprint density at radius 1 is 1.36 bits per heavy atom. The molecule has 4 nitrogen and oxygen atoms in total. The van der Waals surface area contributed by atoms with Gasteiger partial charge in [-0.3, -0.25) is 4.79 Å². The van der Waals surface area contributed by atoms with Gasteiger partial charge >= 0.3 is 0 Å². The summed E-state index contributed by atoms with van der Waals surface area (Å²) in [5.74, 6) is 0. The zero-order valence-electron chi connectivity index (χ0n) is 5.90. The number of aliphatic hydroxyl groups excluding tert-OH is 1. The van der Waals surface area contributed by atoms with Gasteiger partial charge in [0, 0.05) is 65.4 Å². The topological polar surface area (TPSA) is 83.4 Å². The van der Waals surface area contributed by atoms with Gasteiger partial charge in [-0.25, -0.2) is 0 Å². The molecule has 6 heteroatoms. The van der Waals surface area contributed by atoms with Crippen LogP contribution in [0.4, 0.5) is 0 Å². The van der Waals surface area contributed by atoms with Gasteiger partial charge in [-0.1, -0.05) is 21.3 Å². The van der Waals surface area contributed by atoms with E-state index in [0.717, 1.165) is 6.26 Å². The fourth-order valence-electron chi connectivity index (χ4n) is 0. The maximum absolute atomic E-state index is 8.24. The van der Waals surface area contributed by atoms with E-state index in [1.165, 1.54) is 0 Å². The molecule has 0 spiro atoms. The van der Waals surface area contributed by atoms with Crippen LogP contribution in [-0.4, -0.2) is 11.2 Å². The van der Waals surface area contributed by atoms with Gasteiger partial charge in [0.2, 0.25) is 0 Å². The van der Waals surface area contributed by atoms with E-state index in [1.54, 1.807) is 0 Å². The average molecular weight is 309 g/mol. The van der Waals surface area contributed by atoms with Crippen LogP contribution in [0.25, 0.3) is 5.41 Å². The van der Waals surface area contributed by atoms with E-state index in [0.29, 0.717) is 6.08 Å². The predicted molar refractivity (Wildman–Crippen MR) is 34.7 cm³/mol. The fraction of sp³-hybridized carbons (Fsp3) is 0.600. The number of nitriles is 1. The fourth-order valence-corrected chi connectivity index (χ4v) is 0. The first-order valence-corrected chi connectivity index (χ1v) is 1.87. The Morgan fingerprint density at radius 2 is 1.36 bits per heavy atom. The number of hydrogen-bond acceptors (Lipinski definition) is 3. The zero-order valence-corrected chi connectivity index (χ0v) is 11.6. The first-order valence-electron chi connectivity index (χ1n) is 1.87. The van der Waals surface area contributed by atoms with Crippen LogP contribution in [-0.2, 0) is 70.2 Å². The van der Waals surface area contributed by atoms with Crippen LogP contribution in [0.3, 0.4) is 0 Å². The number of rotatable bonds is 0. The van der Waals surface area contributed by atoms with Crippen molar-refractivity contribution in [2.75, 3.05) is 0 Å². The quantitative estimate of drug-likeness (QED) is 0.417. The van der Waals surface area contributed by atoms with Crippen molar-refractivity contribution in [1.82, 2.24) is 0 Å². The molecular weight excluding hydrogens is 298 g/mol. The Kier molecular flexibility index (Phi) is 474. The molecule has 60 valence electrons. The second kappa shape index (κ2) is 128. The minimum absolute atomic E-state index is 0. The Balaban J connectivity index is -0.00000000764. The van der Waals surface area contributed by atoms with Gasteiger partial charge in [-0.2, -0.15) is 5.26 Å². The first-order chi connectivity index (χ1) is 3.83. The van der Waals surface area contributed by atoms with Crippen molar-refractivity contribution >= 4 is 6.08 Å². The summed E-state index contributed by atoms with van der Waals surface area (Å²) in [5.41, 5.74) is 0. The van der Waals surface area contributed by atoms with Crippen molar-refractivity contribution in [2.24, 2.45) is 0 Å². The molecule has 1 N–H and O–H groups in total. The zero-order chi connectivity index (χ0) is 7.41. The molecule has 0 unspecified atom stereocenters. The van der Waals surface area contributed by atoms with Crippen molar-refractivity contribution in [3.63, 3.8) is 0 Å². The predicted octanol–water partition coefficient (Wildman–Crippen LogP) is 1.39. The summed E-state index contributed by atoms with van der Waals surface area (Å²) in [4.78, 5) is 8.24. The van der Waals surface area contributed by atoms with Crippen LogP contribution >= 0.6 is 0 Å². The molecule has 0 saturated heterocycles. The number of isocyanates is 1. The Labute approximate surface area is 118 Å². The largest absolute Gasteiger partial charge is 0.724 e. The van der Waals surface area contributed by atoms with Crippen LogP contribution < -0.4 is 0 Å². The Bertz CT molecular complexity index is 87.0. The molecule has 0 bridgehead atoms. The minimum atomic E-state index is 0. The van der Waals surface area contributed by atoms with E-state index in [2.05, 4.69) is 0 Å². The van der Waals surface area contributed by atoms with E-state index in [-0.39, 0.29) is 72.8 Å². The number of nitrogens with zero attached hydrogens (tertiary/aromatic N) is 2. The van der Waals surface area contributed by atoms with Gasteiger partial charge in [-0.05, 0) is 6.08 Å². The monoisotopic (exact) mass is 309 g/mol. The summed E-state index contributed by atoms with van der Waals surface area (Å²) in [7, 11) is 0. The Hall–Kier alpha value is 0.878. The van der Waals surface area contributed by atoms with Crippen LogP contribution in [0.2, 0.25) is 0 Å². The normalized spacial score (nSPS) is 1.91. The molecule has 0 atom stereocenters. The molecule has 0 aliphatic heterocycles. The van der Waals surface area contributed by atoms with Gasteiger partial charge in [0.25, 0.3) is 6.26 Å². The summed E-state index contributed by atoms with van der Waals surface area (Å²) in [6, 6.07) is 0. The van der Waals surface area contributed by atoms with E-state index in [4.69, 9.17) is 20.6 Å². The molecule has 0 aliphatic rings. The summed E-state index contributed by atoms with van der Waals surface area (Å²) in [5, 5.41) is 20.5. The first kappa shape index (κ1) is 40.7. The van der Waals surface area contributed by atoms with Gasteiger partial charge in [0.05, 0.1) is 0 Å². The van der Waals surface area contributed by atoms with Gasteiger partial charge in [0.15, 0.2) is 0 Å². The molecule has 11 heavy (non-hydrogen) atoms. The number of aliphatic hydroxyl groups is 1. The Morgan fingerprint density at radius 3 is 1.36 bits per heavy atom. The molecule has 0 amide bonds. The van der Waals surface area contributed by atoms with Crippen LogP contribution in [0.5, 0.6) is 0 Å². The smallest absolute Gasteiger partial charge is 0.283 e. The van der Waals surface area contributed by atoms with E-state index >= 15 is 0 Å². The molecule has 0 heterocycles. The van der Waals surface area contributed by atoms with Gasteiger partial charge in [0.1, 0.15) is 0 Å². The van der Waals surface area contributed by atoms with Crippen LogP contribution in [0.15, 0.2) is 0 Å². The molecule has 0 saturated carbocycles. The summed E-state index contributed by atoms with van der Waals surface area (Å²) >= 11 is 0. The molecule has 0 rings (SSSR count). The van der Waals surface area contributed by atoms with Crippen LogP contribution in [0.1, 0.15) is 21.3 Å². The van der Waals surface area contributed by atoms with Crippen molar-refractivity contribution in [1.29, 1.82) is 5.26 Å². The second-order valence-electron chi connectivity index (χ2n) is 0.191. The third-order valence-corrected chi connectivity index (χ3v) is 0. The third-order valence-electron chi connectivity index (χ3n) is 0. The molecule has 0 fully saturated rings. The maximum Gasteiger partial charge on any atom is 0.283 e. The number of carbonyl (C=O) groups excluding carboxylic acids is 1. The molecule has 2 radical (unpaired) electrons. The molecule has 0 aromatic carbocycles. The summed E-state index contributed by atoms with van der Waals surface area (Å²) in [6.07, 6.45) is 1.25. The van der Waals surface area contributed by atoms with Gasteiger partial charge in [-0.15, -0.1) is 0 Å². The van der Waals surface area contributed by atoms with E-state index in [1.807, 2.05) is 13.8 Å². The minimum Gasteiger partial charge on any atom is -0.724 e. The SMILES string of the molecule is C.CC.N#CO.[N-]=C=O.[Y].[Y]. The summed E-state index contributed by atoms with van der Waals surface area (Å²) in [6.45, 7) is 4.00. The van der Waals surface area contributed by atoms with Crippen molar-refractivity contribution < 1.29 is 75.3 Å². The molecule has 0 aromatic heterocycles. The van der Waals surface area contributed by atoms with E-state index in [9.17, 15) is 0 Å². The van der Waals surface area contributed by atoms with Crippen LogP contribution in [0, 0.1) is 11.5 Å². The third kappa shape index (κ3) is 1110. The second-order valence-corrected chi connectivity index (χ2v) is 0.191. The standard InChI is InChI=1S/C2H6.CHNO.CNO.CH4.2Y/c1-2;2*2-1-3;;;/h1-2H3;3H;;1H4;;/q;;-1;;;. The molecule has 0 aliphatic carbocycles. The average Bonchev–Trinajstić information content (AvgIpc) is 1.75. The van der Waals surface area contributed by atoms with Crippen molar-refractivity contribution in [3.05, 3.63) is 5.41 Å². The number of hydrogen-bond donors (Lipinski definition) is 1. The molecule has 0 aromatic rings.